The van der Waals surface area contributed by atoms with Crippen LogP contribution in [0.15, 0.2) is 78.4 Å². The molecule has 1 amide bonds. The van der Waals surface area contributed by atoms with Crippen molar-refractivity contribution in [3.63, 3.8) is 0 Å². The van der Waals surface area contributed by atoms with Gasteiger partial charge in [0.25, 0.3) is 11.7 Å². The maximum atomic E-state index is 13.4. The summed E-state index contributed by atoms with van der Waals surface area (Å²) in [5.41, 5.74) is 2.43. The van der Waals surface area contributed by atoms with Gasteiger partial charge < -0.3 is 19.5 Å². The molecule has 1 atom stereocenters. The van der Waals surface area contributed by atoms with Crippen molar-refractivity contribution in [3.05, 3.63) is 101 Å². The molecule has 0 bridgehead atoms. The number of carbonyl (C=O) groups excluding carboxylic acids is 2. The van der Waals surface area contributed by atoms with Gasteiger partial charge in [0, 0.05) is 5.56 Å². The lowest BCUT2D eigenvalue weighted by atomic mass is 9.94. The van der Waals surface area contributed by atoms with Crippen molar-refractivity contribution in [1.29, 1.82) is 0 Å². The van der Waals surface area contributed by atoms with Crippen LogP contribution in [0.3, 0.4) is 0 Å². The Labute approximate surface area is 211 Å². The Morgan fingerprint density at radius 1 is 0.944 bits per heavy atom. The van der Waals surface area contributed by atoms with Crippen molar-refractivity contribution in [2.24, 2.45) is 0 Å². The Kier molecular flexibility index (Phi) is 6.88. The third-order valence-electron chi connectivity index (χ3n) is 5.99. The fraction of sp³-hybridized carbons (Fsp3) is 0.267. The third kappa shape index (κ3) is 4.98. The monoisotopic (exact) mass is 485 g/mol. The predicted molar refractivity (Wildman–Crippen MR) is 139 cm³/mol. The van der Waals surface area contributed by atoms with Crippen LogP contribution in [0.4, 0.5) is 0 Å². The minimum atomic E-state index is -0.780. The van der Waals surface area contributed by atoms with Gasteiger partial charge in [-0.15, -0.1) is 0 Å². The van der Waals surface area contributed by atoms with Crippen LogP contribution in [0.5, 0.6) is 11.5 Å². The number of para-hydroxylation sites is 2. The average Bonchev–Trinajstić information content (AvgIpc) is 3.09. The first kappa shape index (κ1) is 25.0. The average molecular weight is 486 g/mol. The van der Waals surface area contributed by atoms with E-state index in [-0.39, 0.29) is 17.9 Å². The molecule has 0 aliphatic carbocycles. The number of likely N-dealkylation sites (tertiary alicyclic amines) is 1. The molecule has 1 N–H and O–H groups in total. The number of carbonyl (C=O) groups is 2. The fourth-order valence-corrected chi connectivity index (χ4v) is 4.46. The van der Waals surface area contributed by atoms with Crippen LogP contribution in [0.25, 0.3) is 5.76 Å². The molecule has 1 unspecified atom stereocenters. The van der Waals surface area contributed by atoms with Gasteiger partial charge >= 0.3 is 0 Å². The topological polar surface area (TPSA) is 76.1 Å². The zero-order chi connectivity index (χ0) is 26.0. The van der Waals surface area contributed by atoms with E-state index < -0.39 is 23.3 Å². The van der Waals surface area contributed by atoms with Crippen molar-refractivity contribution in [2.45, 2.75) is 45.9 Å². The quantitative estimate of drug-likeness (QED) is 0.271. The molecule has 4 rings (SSSR count). The van der Waals surface area contributed by atoms with Crippen LogP contribution in [0, 0.1) is 6.92 Å². The van der Waals surface area contributed by atoms with Crippen LogP contribution < -0.4 is 9.47 Å². The van der Waals surface area contributed by atoms with Gasteiger partial charge in [-0.2, -0.15) is 0 Å². The summed E-state index contributed by atoms with van der Waals surface area (Å²) >= 11 is 0. The smallest absolute Gasteiger partial charge is 0.295 e. The summed E-state index contributed by atoms with van der Waals surface area (Å²) in [7, 11) is 1.49. The number of ether oxygens (including phenoxy) is 2. The molecular formula is C30H31NO5. The van der Waals surface area contributed by atoms with E-state index in [0.717, 1.165) is 16.7 Å². The number of methoxy groups -OCH3 is 1. The summed E-state index contributed by atoms with van der Waals surface area (Å²) < 4.78 is 11.6. The lowest BCUT2D eigenvalue weighted by molar-refractivity contribution is -0.140. The predicted octanol–water partition coefficient (Wildman–Crippen LogP) is 5.80. The molecular weight excluding hydrogens is 454 g/mol. The van der Waals surface area contributed by atoms with Gasteiger partial charge in [-0.3, -0.25) is 9.59 Å². The van der Waals surface area contributed by atoms with Gasteiger partial charge in [0.2, 0.25) is 0 Å². The maximum Gasteiger partial charge on any atom is 0.295 e. The van der Waals surface area contributed by atoms with E-state index in [1.54, 1.807) is 24.3 Å². The highest BCUT2D eigenvalue weighted by molar-refractivity contribution is 6.46. The number of nitrogens with zero attached hydrogens (tertiary/aromatic N) is 1. The summed E-state index contributed by atoms with van der Waals surface area (Å²) in [6, 6.07) is 21.2. The van der Waals surface area contributed by atoms with E-state index in [0.29, 0.717) is 17.1 Å². The number of rotatable bonds is 6. The van der Waals surface area contributed by atoms with Crippen molar-refractivity contribution < 1.29 is 24.2 Å². The molecule has 1 heterocycles. The standard InChI is InChI=1S/C30H31NO5/c1-19-11-10-13-20(17-19)26-25(27(32)22-14-7-9-16-24(22)35-5)28(33)29(34)31(26)18-21-12-6-8-15-23(21)36-30(2,3)4/h6-17,26,32H,18H2,1-5H3/b27-25+. The normalized spacial score (nSPS) is 17.4. The van der Waals surface area contributed by atoms with Gasteiger partial charge in [-0.05, 0) is 51.5 Å². The van der Waals surface area contributed by atoms with Crippen LogP contribution in [0.2, 0.25) is 0 Å². The number of aliphatic hydroxyl groups is 1. The Hall–Kier alpha value is -4.06. The molecule has 6 heteroatoms. The summed E-state index contributed by atoms with van der Waals surface area (Å²) in [5.74, 6) is -0.630. The van der Waals surface area contributed by atoms with Gasteiger partial charge in [-0.1, -0.05) is 60.2 Å². The lowest BCUT2D eigenvalue weighted by Crippen LogP contribution is -2.30. The molecule has 36 heavy (non-hydrogen) atoms. The first-order chi connectivity index (χ1) is 17.1. The van der Waals surface area contributed by atoms with Crippen LogP contribution in [-0.2, 0) is 16.1 Å². The molecule has 3 aromatic rings. The van der Waals surface area contributed by atoms with E-state index in [9.17, 15) is 14.7 Å². The van der Waals surface area contributed by atoms with Crippen molar-refractivity contribution >= 4 is 17.4 Å². The van der Waals surface area contributed by atoms with Gasteiger partial charge in [0.1, 0.15) is 22.9 Å². The fourth-order valence-electron chi connectivity index (χ4n) is 4.46. The van der Waals surface area contributed by atoms with Crippen molar-refractivity contribution in [2.75, 3.05) is 7.11 Å². The first-order valence-corrected chi connectivity index (χ1v) is 11.9. The van der Waals surface area contributed by atoms with E-state index in [2.05, 4.69) is 0 Å². The number of aliphatic hydroxyl groups excluding tert-OH is 1. The third-order valence-corrected chi connectivity index (χ3v) is 5.99. The number of hydrogen-bond donors (Lipinski definition) is 1. The Morgan fingerprint density at radius 3 is 2.28 bits per heavy atom. The number of hydrogen-bond acceptors (Lipinski definition) is 5. The molecule has 0 aromatic heterocycles. The SMILES string of the molecule is COc1ccccc1/C(O)=C1\C(=O)C(=O)N(Cc2ccccc2OC(C)(C)C)C1c1cccc(C)c1. The van der Waals surface area contributed by atoms with Crippen molar-refractivity contribution in [1.82, 2.24) is 4.90 Å². The Bertz CT molecular complexity index is 1330. The molecule has 6 nitrogen and oxygen atoms in total. The second-order valence-corrected chi connectivity index (χ2v) is 9.86. The summed E-state index contributed by atoms with van der Waals surface area (Å²) in [4.78, 5) is 28.4. The van der Waals surface area contributed by atoms with Crippen molar-refractivity contribution in [3.8, 4) is 11.5 Å². The first-order valence-electron chi connectivity index (χ1n) is 11.9. The molecule has 0 spiro atoms. The zero-order valence-corrected chi connectivity index (χ0v) is 21.2. The van der Waals surface area contributed by atoms with E-state index in [4.69, 9.17) is 9.47 Å². The van der Waals surface area contributed by atoms with Crippen LogP contribution in [0.1, 0.15) is 49.1 Å². The minimum Gasteiger partial charge on any atom is -0.507 e. The second kappa shape index (κ2) is 9.90. The molecule has 1 aliphatic heterocycles. The second-order valence-electron chi connectivity index (χ2n) is 9.86. The number of Topliss-reactive ketones (excluding diaryl/α,β-unsaturated/α-hetero) is 1. The number of benzene rings is 3. The molecule has 3 aromatic carbocycles. The highest BCUT2D eigenvalue weighted by atomic mass is 16.5. The molecule has 1 aliphatic rings. The molecule has 0 radical (unpaired) electrons. The Morgan fingerprint density at radius 2 is 1.61 bits per heavy atom. The molecule has 1 saturated heterocycles. The highest BCUT2D eigenvalue weighted by Gasteiger charge is 2.46. The summed E-state index contributed by atoms with van der Waals surface area (Å²) in [6.07, 6.45) is 0. The number of ketones is 1. The minimum absolute atomic E-state index is 0.0318. The van der Waals surface area contributed by atoms with Crippen LogP contribution in [-0.4, -0.2) is 34.4 Å². The molecule has 1 fully saturated rings. The Balaban J connectivity index is 1.88. The summed E-state index contributed by atoms with van der Waals surface area (Å²) in [6.45, 7) is 7.95. The highest BCUT2D eigenvalue weighted by Crippen LogP contribution is 2.42. The lowest BCUT2D eigenvalue weighted by Gasteiger charge is -2.28. The summed E-state index contributed by atoms with van der Waals surface area (Å²) in [5, 5.41) is 11.4. The van der Waals surface area contributed by atoms with E-state index in [1.807, 2.05) is 76.2 Å². The largest absolute Gasteiger partial charge is 0.507 e. The van der Waals surface area contributed by atoms with Crippen LogP contribution >= 0.6 is 0 Å². The van der Waals surface area contributed by atoms with E-state index in [1.165, 1.54) is 12.0 Å². The number of aryl methyl sites for hydroxylation is 1. The van der Waals surface area contributed by atoms with Gasteiger partial charge in [-0.25, -0.2) is 0 Å². The van der Waals surface area contributed by atoms with Gasteiger partial charge in [0.05, 0.1) is 30.8 Å². The zero-order valence-electron chi connectivity index (χ0n) is 21.2. The van der Waals surface area contributed by atoms with E-state index >= 15 is 0 Å². The molecule has 186 valence electrons. The maximum absolute atomic E-state index is 13.4. The molecule has 0 saturated carbocycles. The van der Waals surface area contributed by atoms with Gasteiger partial charge in [0.15, 0.2) is 0 Å². The number of amides is 1.